The Bertz CT molecular complexity index is 1000. The van der Waals surface area contributed by atoms with Crippen molar-refractivity contribution < 1.29 is 23.5 Å². The van der Waals surface area contributed by atoms with Gasteiger partial charge >= 0.3 is 13.5 Å². The molecule has 12 nitrogen and oxygen atoms in total. The van der Waals surface area contributed by atoms with Gasteiger partial charge in [0.05, 0.1) is 30.8 Å². The van der Waals surface area contributed by atoms with Crippen LogP contribution in [0.25, 0.3) is 11.2 Å². The van der Waals surface area contributed by atoms with Crippen LogP contribution in [0, 0.1) is 0 Å². The van der Waals surface area contributed by atoms with E-state index in [0.717, 1.165) is 5.71 Å². The summed E-state index contributed by atoms with van der Waals surface area (Å²) in [4.78, 5) is 24.6. The number of rotatable bonds is 13. The minimum atomic E-state index is -3.68. The van der Waals surface area contributed by atoms with Crippen molar-refractivity contribution in [1.82, 2.24) is 24.6 Å². The summed E-state index contributed by atoms with van der Waals surface area (Å²) in [6, 6.07) is -0.878. The Labute approximate surface area is 193 Å². The highest BCUT2D eigenvalue weighted by Gasteiger charge is 2.32. The fourth-order valence-corrected chi connectivity index (χ4v) is 4.42. The van der Waals surface area contributed by atoms with Gasteiger partial charge in [-0.15, -0.1) is 0 Å². The van der Waals surface area contributed by atoms with Gasteiger partial charge in [-0.25, -0.2) is 20.0 Å². The predicted molar refractivity (Wildman–Crippen MR) is 126 cm³/mol. The van der Waals surface area contributed by atoms with Crippen LogP contribution in [0.15, 0.2) is 17.8 Å². The number of anilines is 1. The molecule has 2 aromatic heterocycles. The first-order valence-electron chi connectivity index (χ1n) is 10.9. The number of carbonyl (C=O) groups excluding carboxylic acids is 1. The van der Waals surface area contributed by atoms with E-state index in [9.17, 15) is 9.36 Å². The lowest BCUT2D eigenvalue weighted by Gasteiger charge is -2.23. The van der Waals surface area contributed by atoms with Crippen LogP contribution in [0.4, 0.5) is 5.82 Å². The molecule has 2 aromatic rings. The van der Waals surface area contributed by atoms with Crippen LogP contribution in [0.1, 0.15) is 54.4 Å². The molecule has 0 saturated heterocycles. The van der Waals surface area contributed by atoms with Gasteiger partial charge in [0.25, 0.3) is 0 Å². The number of carbonyl (C=O) groups is 1. The van der Waals surface area contributed by atoms with Crippen LogP contribution >= 0.6 is 7.52 Å². The zero-order valence-electron chi connectivity index (χ0n) is 20.0. The zero-order valence-corrected chi connectivity index (χ0v) is 20.9. The molecule has 0 aliphatic rings. The Balaban J connectivity index is 2.10. The topological polar surface area (TPSA) is 156 Å². The van der Waals surface area contributed by atoms with Crippen LogP contribution in [-0.2, 0) is 30.0 Å². The lowest BCUT2D eigenvalue weighted by Crippen LogP contribution is -2.36. The molecule has 0 aliphatic carbocycles. The summed E-state index contributed by atoms with van der Waals surface area (Å²) >= 11 is 0. The maximum atomic E-state index is 13.5. The number of fused-ring (bicyclic) bond motifs is 1. The molecular weight excluding hydrogens is 449 g/mol. The van der Waals surface area contributed by atoms with Gasteiger partial charge in [0.2, 0.25) is 0 Å². The number of nitrogen functional groups attached to an aromatic ring is 1. The quantitative estimate of drug-likeness (QED) is 0.188. The fraction of sp³-hybridized carbons (Fsp3) is 0.650. The SMILES string of the molecule is CCC(CC)=NOP(=O)(CO[C@H](C)Cn1cnc2c(N)ncnc21)N[C@@H](C)C(=O)OC(C)C. The summed E-state index contributed by atoms with van der Waals surface area (Å²) in [5.41, 5.74) is 7.64. The molecule has 0 fully saturated rings. The molecule has 0 aliphatic heterocycles. The van der Waals surface area contributed by atoms with Gasteiger partial charge in [-0.3, -0.25) is 9.36 Å². The number of hydrogen-bond donors (Lipinski definition) is 2. The van der Waals surface area contributed by atoms with E-state index in [2.05, 4.69) is 25.2 Å². The number of ether oxygens (including phenoxy) is 2. The van der Waals surface area contributed by atoms with Crippen molar-refractivity contribution in [3.63, 3.8) is 0 Å². The van der Waals surface area contributed by atoms with E-state index in [1.807, 2.05) is 20.8 Å². The van der Waals surface area contributed by atoms with E-state index in [4.69, 9.17) is 19.8 Å². The lowest BCUT2D eigenvalue weighted by molar-refractivity contribution is -0.149. The second-order valence-electron chi connectivity index (χ2n) is 7.89. The number of nitrogens with one attached hydrogen (secondary N) is 1. The van der Waals surface area contributed by atoms with Crippen LogP contribution in [0.5, 0.6) is 0 Å². The van der Waals surface area contributed by atoms with E-state index in [-0.39, 0.29) is 18.3 Å². The first-order valence-corrected chi connectivity index (χ1v) is 12.7. The van der Waals surface area contributed by atoms with Crippen LogP contribution in [0.2, 0.25) is 0 Å². The first-order chi connectivity index (χ1) is 15.6. The van der Waals surface area contributed by atoms with Crippen LogP contribution in [0.3, 0.4) is 0 Å². The van der Waals surface area contributed by atoms with Gasteiger partial charge in [-0.2, -0.15) is 0 Å². The molecule has 0 aromatic carbocycles. The third-order valence-electron chi connectivity index (χ3n) is 4.63. The molecule has 1 unspecified atom stereocenters. The Hall–Kier alpha value is -2.56. The van der Waals surface area contributed by atoms with Crippen LogP contribution < -0.4 is 10.8 Å². The Morgan fingerprint density at radius 3 is 2.55 bits per heavy atom. The second kappa shape index (κ2) is 12.1. The molecule has 3 atom stereocenters. The van der Waals surface area contributed by atoms with E-state index in [1.54, 1.807) is 31.7 Å². The number of esters is 1. The number of imidazole rings is 1. The lowest BCUT2D eigenvalue weighted by atomic mass is 10.2. The Kier molecular flexibility index (Phi) is 9.75. The van der Waals surface area contributed by atoms with Crippen molar-refractivity contribution >= 4 is 36.2 Å². The molecule has 0 radical (unpaired) electrons. The summed E-state index contributed by atoms with van der Waals surface area (Å²) in [7, 11) is -3.68. The van der Waals surface area contributed by atoms with Crippen molar-refractivity contribution in [3.8, 4) is 0 Å². The van der Waals surface area contributed by atoms with Crippen molar-refractivity contribution in [1.29, 1.82) is 0 Å². The highest BCUT2D eigenvalue weighted by Crippen LogP contribution is 2.44. The highest BCUT2D eigenvalue weighted by atomic mass is 31.2. The molecule has 13 heteroatoms. The third kappa shape index (κ3) is 7.76. The van der Waals surface area contributed by atoms with Gasteiger partial charge in [0, 0.05) is 0 Å². The number of oxime groups is 1. The Morgan fingerprint density at radius 2 is 1.91 bits per heavy atom. The summed E-state index contributed by atoms with van der Waals surface area (Å²) in [5, 5.41) is 6.75. The normalized spacial score (nSPS) is 15.1. The molecule has 2 rings (SSSR count). The predicted octanol–water partition coefficient (Wildman–Crippen LogP) is 3.09. The van der Waals surface area contributed by atoms with E-state index in [1.165, 1.54) is 6.33 Å². The molecule has 0 saturated carbocycles. The molecule has 33 heavy (non-hydrogen) atoms. The molecule has 0 spiro atoms. The van der Waals surface area contributed by atoms with Gasteiger partial charge in [-0.1, -0.05) is 19.0 Å². The molecule has 3 N–H and O–H groups in total. The fourth-order valence-electron chi connectivity index (χ4n) is 2.86. The number of hydrogen-bond acceptors (Lipinski definition) is 10. The van der Waals surface area contributed by atoms with Gasteiger partial charge in [0.1, 0.15) is 24.2 Å². The van der Waals surface area contributed by atoms with Crippen molar-refractivity contribution in [2.45, 2.75) is 79.2 Å². The maximum Gasteiger partial charge on any atom is 0.364 e. The minimum Gasteiger partial charge on any atom is -0.462 e. The van der Waals surface area contributed by atoms with E-state index < -0.39 is 25.6 Å². The monoisotopic (exact) mass is 483 g/mol. The van der Waals surface area contributed by atoms with E-state index >= 15 is 0 Å². The third-order valence-corrected chi connectivity index (χ3v) is 6.24. The number of nitrogens with two attached hydrogens (primary N) is 1. The van der Waals surface area contributed by atoms with Crippen molar-refractivity contribution in [2.24, 2.45) is 5.16 Å². The van der Waals surface area contributed by atoms with Gasteiger partial charge in [0.15, 0.2) is 11.5 Å². The average Bonchev–Trinajstić information content (AvgIpc) is 3.16. The number of aromatic nitrogens is 4. The van der Waals surface area contributed by atoms with Gasteiger partial charge in [-0.05, 0) is 40.5 Å². The zero-order chi connectivity index (χ0) is 24.6. The maximum absolute atomic E-state index is 13.5. The first kappa shape index (κ1) is 26.7. The van der Waals surface area contributed by atoms with Gasteiger partial charge < -0.3 is 24.4 Å². The second-order valence-corrected chi connectivity index (χ2v) is 9.92. The summed E-state index contributed by atoms with van der Waals surface area (Å²) < 4.78 is 31.7. The molecule has 2 heterocycles. The average molecular weight is 484 g/mol. The largest absolute Gasteiger partial charge is 0.462 e. The highest BCUT2D eigenvalue weighted by molar-refractivity contribution is 7.56. The Morgan fingerprint density at radius 1 is 1.21 bits per heavy atom. The summed E-state index contributed by atoms with van der Waals surface area (Å²) in [6.07, 6.45) is 3.26. The summed E-state index contributed by atoms with van der Waals surface area (Å²) in [5.74, 6) is -0.253. The molecule has 0 bridgehead atoms. The molecular formula is C20H34N7O5P. The molecule has 184 valence electrons. The molecule has 0 amide bonds. The number of nitrogens with zero attached hydrogens (tertiary/aromatic N) is 5. The standard InChI is InChI=1S/C20H34N7O5P/c1-7-16(8-2)25-32-33(29,26-15(6)20(28)31-13(3)4)12-30-14(5)9-27-11-24-17-18(21)22-10-23-19(17)27/h10-11,13-15H,7-9,12H2,1-6H3,(H,26,29)(H2,21,22,23)/t14-,15+,33?/m1/s1. The minimum absolute atomic E-state index is 0.289. The van der Waals surface area contributed by atoms with Crippen molar-refractivity contribution in [2.75, 3.05) is 12.1 Å². The smallest absolute Gasteiger partial charge is 0.364 e. The van der Waals surface area contributed by atoms with E-state index in [0.29, 0.717) is 30.6 Å². The van der Waals surface area contributed by atoms with Crippen molar-refractivity contribution in [3.05, 3.63) is 12.7 Å². The summed E-state index contributed by atoms with van der Waals surface area (Å²) in [6.45, 7) is 11.1. The van der Waals surface area contributed by atoms with Crippen LogP contribution in [-0.4, -0.2) is 55.8 Å².